The average molecular weight is 575 g/mol. The SMILES string of the molecule is O=C(CCN1C(=O)[C@H]2[C@H](C1=O)C1(Cl)c3ccccc3C2(Cl)c2ccccc21)OCc1ccc(Cl)c(Cl)c1. The molecule has 37 heavy (non-hydrogen) atoms. The monoisotopic (exact) mass is 573 g/mol. The summed E-state index contributed by atoms with van der Waals surface area (Å²) in [7, 11) is 0. The number of esters is 1. The number of ether oxygens (including phenoxy) is 1. The van der Waals surface area contributed by atoms with Crippen LogP contribution in [0.25, 0.3) is 0 Å². The van der Waals surface area contributed by atoms with Crippen LogP contribution in [0.3, 0.4) is 0 Å². The van der Waals surface area contributed by atoms with Gasteiger partial charge in [0.1, 0.15) is 16.4 Å². The van der Waals surface area contributed by atoms with Crippen molar-refractivity contribution < 1.29 is 19.1 Å². The number of halogens is 4. The molecular formula is C28H19Cl4NO4. The number of benzene rings is 3. The molecule has 3 aromatic rings. The zero-order chi connectivity index (χ0) is 26.1. The van der Waals surface area contributed by atoms with E-state index in [4.69, 9.17) is 51.1 Å². The molecule has 2 atom stereocenters. The number of hydrogen-bond acceptors (Lipinski definition) is 4. The van der Waals surface area contributed by atoms with Crippen molar-refractivity contribution in [2.75, 3.05) is 6.54 Å². The Morgan fingerprint density at radius 1 is 0.784 bits per heavy atom. The van der Waals surface area contributed by atoms with Crippen LogP contribution in [0, 0.1) is 11.8 Å². The van der Waals surface area contributed by atoms with Gasteiger partial charge in [-0.1, -0.05) is 77.8 Å². The first kappa shape index (κ1) is 24.7. The van der Waals surface area contributed by atoms with Gasteiger partial charge >= 0.3 is 5.97 Å². The highest BCUT2D eigenvalue weighted by Gasteiger charge is 2.72. The van der Waals surface area contributed by atoms with Gasteiger partial charge in [0.25, 0.3) is 0 Å². The summed E-state index contributed by atoms with van der Waals surface area (Å²) in [6.07, 6.45) is -0.164. The standard InChI is InChI=1S/C28H19Cl4NO4/c29-20-10-9-15(13-21(20)30)14-37-22(34)11-12-33-25(35)23-24(26(33)36)28(32)17-6-2-1-5-16(17)27(23,31)18-7-3-4-8-19(18)28/h1-10,13,23-24H,11-12,14H2/t23-,24-,27?,28?/m1/s1. The number of carbonyl (C=O) groups is 3. The van der Waals surface area contributed by atoms with Crippen LogP contribution in [0.4, 0.5) is 0 Å². The van der Waals surface area contributed by atoms with Crippen molar-refractivity contribution in [2.24, 2.45) is 11.8 Å². The summed E-state index contributed by atoms with van der Waals surface area (Å²) in [5.74, 6) is -3.21. The Kier molecular flexibility index (Phi) is 5.85. The third kappa shape index (κ3) is 3.41. The van der Waals surface area contributed by atoms with Crippen molar-refractivity contribution in [3.8, 4) is 0 Å². The van der Waals surface area contributed by atoms with Crippen LogP contribution in [-0.2, 0) is 35.5 Å². The minimum absolute atomic E-state index is 0.0108. The van der Waals surface area contributed by atoms with Crippen LogP contribution < -0.4 is 0 Å². The first-order valence-electron chi connectivity index (χ1n) is 11.7. The molecule has 0 aromatic heterocycles. The molecule has 0 radical (unpaired) electrons. The molecule has 2 amide bonds. The lowest BCUT2D eigenvalue weighted by molar-refractivity contribution is -0.146. The van der Waals surface area contributed by atoms with Crippen molar-refractivity contribution in [3.05, 3.63) is 105 Å². The molecule has 3 aromatic carbocycles. The summed E-state index contributed by atoms with van der Waals surface area (Å²) in [5, 5.41) is 0.754. The third-order valence-electron chi connectivity index (χ3n) is 7.60. The zero-order valence-corrected chi connectivity index (χ0v) is 22.2. The molecular weight excluding hydrogens is 556 g/mol. The highest BCUT2D eigenvalue weighted by molar-refractivity contribution is 6.42. The van der Waals surface area contributed by atoms with E-state index in [9.17, 15) is 14.4 Å². The third-order valence-corrected chi connectivity index (χ3v) is 9.62. The first-order chi connectivity index (χ1) is 17.7. The molecule has 5 nitrogen and oxygen atoms in total. The maximum atomic E-state index is 13.8. The number of rotatable bonds is 5. The van der Waals surface area contributed by atoms with Crippen molar-refractivity contribution in [3.63, 3.8) is 0 Å². The fraction of sp³-hybridized carbons (Fsp3) is 0.250. The quantitative estimate of drug-likeness (QED) is 0.212. The summed E-state index contributed by atoms with van der Waals surface area (Å²) < 4.78 is 5.33. The number of imide groups is 1. The van der Waals surface area contributed by atoms with Gasteiger partial charge in [0.2, 0.25) is 11.8 Å². The number of carbonyl (C=O) groups excluding carboxylic acids is 3. The van der Waals surface area contributed by atoms with Crippen LogP contribution in [0.1, 0.15) is 34.2 Å². The van der Waals surface area contributed by atoms with E-state index in [1.165, 1.54) is 0 Å². The Hall–Kier alpha value is -2.57. The molecule has 1 saturated heterocycles. The Morgan fingerprint density at radius 3 is 1.73 bits per heavy atom. The van der Waals surface area contributed by atoms with E-state index in [-0.39, 0.29) is 19.6 Å². The van der Waals surface area contributed by atoms with Crippen LogP contribution in [0.5, 0.6) is 0 Å². The topological polar surface area (TPSA) is 63.7 Å². The van der Waals surface area contributed by atoms with Gasteiger partial charge in [-0.15, -0.1) is 23.2 Å². The van der Waals surface area contributed by atoms with E-state index in [1.807, 2.05) is 48.5 Å². The van der Waals surface area contributed by atoms with E-state index in [2.05, 4.69) is 0 Å². The van der Waals surface area contributed by atoms with Gasteiger partial charge in [-0.2, -0.15) is 0 Å². The van der Waals surface area contributed by atoms with Crippen LogP contribution in [0.2, 0.25) is 10.0 Å². The number of hydrogen-bond donors (Lipinski definition) is 0. The molecule has 4 aliphatic rings. The van der Waals surface area contributed by atoms with Gasteiger partial charge in [-0.25, -0.2) is 0 Å². The van der Waals surface area contributed by atoms with Gasteiger partial charge in [0.05, 0.1) is 28.3 Å². The molecule has 0 saturated carbocycles. The summed E-state index contributed by atoms with van der Waals surface area (Å²) >= 11 is 26.7. The predicted octanol–water partition coefficient (Wildman–Crippen LogP) is 6.02. The normalized spacial score (nSPS) is 27.1. The maximum Gasteiger partial charge on any atom is 0.307 e. The highest BCUT2D eigenvalue weighted by atomic mass is 35.5. The van der Waals surface area contributed by atoms with E-state index in [1.54, 1.807) is 18.2 Å². The Bertz CT molecular complexity index is 1370. The van der Waals surface area contributed by atoms with Crippen molar-refractivity contribution in [1.82, 2.24) is 4.90 Å². The molecule has 188 valence electrons. The van der Waals surface area contributed by atoms with Crippen LogP contribution >= 0.6 is 46.4 Å². The summed E-state index contributed by atoms with van der Waals surface area (Å²) in [6.45, 7) is -0.138. The Labute approximate surface area is 233 Å². The number of likely N-dealkylation sites (tertiary alicyclic amines) is 1. The lowest BCUT2D eigenvalue weighted by Gasteiger charge is -2.54. The average Bonchev–Trinajstić information content (AvgIpc) is 3.17. The molecule has 3 aliphatic carbocycles. The molecule has 0 spiro atoms. The lowest BCUT2D eigenvalue weighted by Crippen LogP contribution is -2.57. The lowest BCUT2D eigenvalue weighted by atomic mass is 9.54. The molecule has 7 rings (SSSR count). The van der Waals surface area contributed by atoms with Gasteiger partial charge in [0.15, 0.2) is 0 Å². The fourth-order valence-electron chi connectivity index (χ4n) is 6.01. The predicted molar refractivity (Wildman–Crippen MR) is 141 cm³/mol. The number of alkyl halides is 2. The molecule has 2 bridgehead atoms. The molecule has 1 heterocycles. The molecule has 1 fully saturated rings. The highest BCUT2D eigenvalue weighted by Crippen LogP contribution is 2.69. The maximum absolute atomic E-state index is 13.8. The smallest absolute Gasteiger partial charge is 0.307 e. The second-order valence-electron chi connectivity index (χ2n) is 9.46. The fourth-order valence-corrected chi connectivity index (χ4v) is 7.43. The van der Waals surface area contributed by atoms with Crippen LogP contribution in [-0.4, -0.2) is 29.2 Å². The van der Waals surface area contributed by atoms with Crippen LogP contribution in [0.15, 0.2) is 66.7 Å². The van der Waals surface area contributed by atoms with Crippen molar-refractivity contribution >= 4 is 64.2 Å². The second-order valence-corrected chi connectivity index (χ2v) is 11.5. The number of nitrogens with zero attached hydrogens (tertiary/aromatic N) is 1. The van der Waals surface area contributed by atoms with Gasteiger partial charge in [0, 0.05) is 6.54 Å². The Morgan fingerprint density at radius 2 is 1.27 bits per heavy atom. The van der Waals surface area contributed by atoms with Gasteiger partial charge in [-0.05, 0) is 39.9 Å². The van der Waals surface area contributed by atoms with E-state index in [0.29, 0.717) is 15.6 Å². The zero-order valence-electron chi connectivity index (χ0n) is 19.2. The number of amides is 2. The minimum atomic E-state index is -1.25. The van der Waals surface area contributed by atoms with Crippen molar-refractivity contribution in [1.29, 1.82) is 0 Å². The summed E-state index contributed by atoms with van der Waals surface area (Å²) in [4.78, 5) is 38.6. The summed E-state index contributed by atoms with van der Waals surface area (Å²) in [5.41, 5.74) is 3.60. The minimum Gasteiger partial charge on any atom is -0.461 e. The van der Waals surface area contributed by atoms with E-state index >= 15 is 0 Å². The molecule has 1 aliphatic heterocycles. The molecule has 9 heteroatoms. The van der Waals surface area contributed by atoms with Crippen molar-refractivity contribution in [2.45, 2.75) is 22.8 Å². The van der Waals surface area contributed by atoms with E-state index < -0.39 is 39.4 Å². The van der Waals surface area contributed by atoms with E-state index in [0.717, 1.165) is 27.2 Å². The molecule has 0 N–H and O–H groups in total. The molecule has 0 unspecified atom stereocenters. The second kappa shape index (κ2) is 8.74. The van der Waals surface area contributed by atoms with Gasteiger partial charge in [-0.3, -0.25) is 19.3 Å². The van der Waals surface area contributed by atoms with Gasteiger partial charge < -0.3 is 4.74 Å². The largest absolute Gasteiger partial charge is 0.461 e. The Balaban J connectivity index is 1.27. The summed E-state index contributed by atoms with van der Waals surface area (Å²) in [6, 6.07) is 19.8. The first-order valence-corrected chi connectivity index (χ1v) is 13.2.